The number of esters is 1. The number of carbonyl (C=O) groups excluding carboxylic acids is 1. The highest BCUT2D eigenvalue weighted by Crippen LogP contribution is 2.31. The predicted octanol–water partition coefficient (Wildman–Crippen LogP) is 2.40. The van der Waals surface area contributed by atoms with E-state index in [1.807, 2.05) is 0 Å². The van der Waals surface area contributed by atoms with Crippen LogP contribution in [0.15, 0.2) is 30.3 Å². The molecule has 0 aromatic heterocycles. The number of alkyl halides is 2. The molecular formula is C13H17F2NO2S. The summed E-state index contributed by atoms with van der Waals surface area (Å²) >= 11 is 1.07. The third-order valence-corrected chi connectivity index (χ3v) is 3.65. The van der Waals surface area contributed by atoms with Gasteiger partial charge in [-0.05, 0) is 12.2 Å². The molecule has 1 unspecified atom stereocenters. The molecule has 0 radical (unpaired) electrons. The van der Waals surface area contributed by atoms with E-state index in [9.17, 15) is 13.6 Å². The molecule has 0 heterocycles. The molecule has 0 aliphatic heterocycles. The molecule has 0 amide bonds. The Hall–Kier alpha value is -1.14. The van der Waals surface area contributed by atoms with Gasteiger partial charge in [0.25, 0.3) is 5.92 Å². The van der Waals surface area contributed by atoms with Crippen molar-refractivity contribution in [3.05, 3.63) is 35.9 Å². The zero-order valence-corrected chi connectivity index (χ0v) is 11.5. The zero-order valence-electron chi connectivity index (χ0n) is 10.6. The van der Waals surface area contributed by atoms with Gasteiger partial charge in [-0.3, -0.25) is 4.79 Å². The average molecular weight is 289 g/mol. The standard InChI is InChI=1S/C13H17F2NO2S/c1-18-12(17)11(16)7-8-19-9-13(14,15)10-5-3-2-4-6-10/h2-6,11H,7-9,16H2,1H3. The fourth-order valence-corrected chi connectivity index (χ4v) is 2.43. The van der Waals surface area contributed by atoms with Gasteiger partial charge in [-0.2, -0.15) is 11.8 Å². The highest BCUT2D eigenvalue weighted by Gasteiger charge is 2.31. The molecule has 19 heavy (non-hydrogen) atoms. The lowest BCUT2D eigenvalue weighted by atomic mass is 10.1. The normalized spacial score (nSPS) is 13.1. The third kappa shape index (κ3) is 5.16. The van der Waals surface area contributed by atoms with Gasteiger partial charge in [0.2, 0.25) is 0 Å². The lowest BCUT2D eigenvalue weighted by molar-refractivity contribution is -0.142. The summed E-state index contributed by atoms with van der Waals surface area (Å²) in [7, 11) is 1.25. The van der Waals surface area contributed by atoms with E-state index < -0.39 is 17.9 Å². The molecule has 0 saturated heterocycles. The number of methoxy groups -OCH3 is 1. The Morgan fingerprint density at radius 1 is 1.42 bits per heavy atom. The predicted molar refractivity (Wildman–Crippen MR) is 72.3 cm³/mol. The quantitative estimate of drug-likeness (QED) is 0.618. The summed E-state index contributed by atoms with van der Waals surface area (Å²) < 4.78 is 32.0. The maximum atomic E-state index is 13.8. The minimum atomic E-state index is -2.87. The highest BCUT2D eigenvalue weighted by atomic mass is 32.2. The van der Waals surface area contributed by atoms with E-state index in [0.29, 0.717) is 12.2 Å². The van der Waals surface area contributed by atoms with Crippen molar-refractivity contribution in [3.8, 4) is 0 Å². The zero-order chi connectivity index (χ0) is 14.3. The van der Waals surface area contributed by atoms with Crippen LogP contribution in [-0.4, -0.2) is 30.6 Å². The Morgan fingerprint density at radius 3 is 2.63 bits per heavy atom. The number of nitrogens with two attached hydrogens (primary N) is 1. The molecule has 1 rings (SSSR count). The van der Waals surface area contributed by atoms with Gasteiger partial charge in [-0.25, -0.2) is 8.78 Å². The Labute approximate surface area is 115 Å². The number of rotatable bonds is 7. The molecule has 2 N–H and O–H groups in total. The second-order valence-corrected chi connectivity index (χ2v) is 5.15. The third-order valence-electron chi connectivity index (χ3n) is 2.56. The van der Waals surface area contributed by atoms with E-state index in [4.69, 9.17) is 5.73 Å². The van der Waals surface area contributed by atoms with Crippen molar-refractivity contribution in [2.45, 2.75) is 18.4 Å². The number of ether oxygens (including phenoxy) is 1. The van der Waals surface area contributed by atoms with Crippen LogP contribution in [-0.2, 0) is 15.5 Å². The van der Waals surface area contributed by atoms with Crippen LogP contribution in [0.1, 0.15) is 12.0 Å². The van der Waals surface area contributed by atoms with Crippen LogP contribution >= 0.6 is 11.8 Å². The van der Waals surface area contributed by atoms with Gasteiger partial charge in [0.15, 0.2) is 0 Å². The molecule has 3 nitrogen and oxygen atoms in total. The van der Waals surface area contributed by atoms with Crippen LogP contribution in [0, 0.1) is 0 Å². The summed E-state index contributed by atoms with van der Waals surface area (Å²) in [6.07, 6.45) is 0.322. The van der Waals surface area contributed by atoms with Gasteiger partial charge in [-0.1, -0.05) is 30.3 Å². The van der Waals surface area contributed by atoms with E-state index in [1.54, 1.807) is 18.2 Å². The maximum Gasteiger partial charge on any atom is 0.322 e. The molecule has 106 valence electrons. The van der Waals surface area contributed by atoms with Crippen molar-refractivity contribution in [1.82, 2.24) is 0 Å². The van der Waals surface area contributed by atoms with E-state index in [-0.39, 0.29) is 11.3 Å². The van der Waals surface area contributed by atoms with Crippen LogP contribution in [0.4, 0.5) is 8.78 Å². The van der Waals surface area contributed by atoms with Gasteiger partial charge in [0.05, 0.1) is 12.9 Å². The Morgan fingerprint density at radius 2 is 2.05 bits per heavy atom. The molecule has 0 spiro atoms. The summed E-state index contributed by atoms with van der Waals surface area (Å²) in [4.78, 5) is 11.0. The number of thioether (sulfide) groups is 1. The minimum absolute atomic E-state index is 0.000216. The van der Waals surface area contributed by atoms with E-state index in [2.05, 4.69) is 4.74 Å². The van der Waals surface area contributed by atoms with E-state index in [0.717, 1.165) is 11.8 Å². The van der Waals surface area contributed by atoms with Crippen LogP contribution in [0.2, 0.25) is 0 Å². The number of carbonyl (C=O) groups is 1. The summed E-state index contributed by atoms with van der Waals surface area (Å²) in [6.45, 7) is 0. The molecule has 0 aliphatic rings. The lowest BCUT2D eigenvalue weighted by Crippen LogP contribution is -2.32. The first-order chi connectivity index (χ1) is 8.97. The van der Waals surface area contributed by atoms with Crippen LogP contribution in [0.3, 0.4) is 0 Å². The van der Waals surface area contributed by atoms with Gasteiger partial charge >= 0.3 is 5.97 Å². The lowest BCUT2D eigenvalue weighted by Gasteiger charge is -2.16. The molecule has 0 saturated carbocycles. The maximum absolute atomic E-state index is 13.8. The minimum Gasteiger partial charge on any atom is -0.468 e. The number of benzene rings is 1. The molecule has 0 aliphatic carbocycles. The Balaban J connectivity index is 2.35. The van der Waals surface area contributed by atoms with Crippen LogP contribution in [0.25, 0.3) is 0 Å². The Bertz CT molecular complexity index is 401. The molecule has 6 heteroatoms. The van der Waals surface area contributed by atoms with Crippen LogP contribution in [0.5, 0.6) is 0 Å². The van der Waals surface area contributed by atoms with Crippen molar-refractivity contribution in [3.63, 3.8) is 0 Å². The van der Waals surface area contributed by atoms with E-state index in [1.165, 1.54) is 19.2 Å². The van der Waals surface area contributed by atoms with Crippen LogP contribution < -0.4 is 5.73 Å². The van der Waals surface area contributed by atoms with E-state index >= 15 is 0 Å². The topological polar surface area (TPSA) is 52.3 Å². The van der Waals surface area contributed by atoms with Gasteiger partial charge in [0.1, 0.15) is 6.04 Å². The second kappa shape index (κ2) is 7.45. The van der Waals surface area contributed by atoms with Gasteiger partial charge in [-0.15, -0.1) is 0 Å². The van der Waals surface area contributed by atoms with Gasteiger partial charge < -0.3 is 10.5 Å². The summed E-state index contributed by atoms with van der Waals surface area (Å²) in [5, 5.41) is 0. The van der Waals surface area contributed by atoms with Crippen molar-refractivity contribution in [1.29, 1.82) is 0 Å². The number of hydrogen-bond donors (Lipinski definition) is 1. The largest absolute Gasteiger partial charge is 0.468 e. The van der Waals surface area contributed by atoms with Crippen molar-refractivity contribution >= 4 is 17.7 Å². The Kier molecular flexibility index (Phi) is 6.24. The summed E-state index contributed by atoms with van der Waals surface area (Å²) in [5.41, 5.74) is 5.51. The smallest absolute Gasteiger partial charge is 0.322 e. The first-order valence-corrected chi connectivity index (χ1v) is 6.97. The van der Waals surface area contributed by atoms with Crippen molar-refractivity contribution in [2.75, 3.05) is 18.6 Å². The molecule has 1 aromatic carbocycles. The molecule has 1 atom stereocenters. The molecule has 0 bridgehead atoms. The fraction of sp³-hybridized carbons (Fsp3) is 0.462. The fourth-order valence-electron chi connectivity index (χ4n) is 1.45. The highest BCUT2D eigenvalue weighted by molar-refractivity contribution is 7.99. The molecule has 0 fully saturated rings. The average Bonchev–Trinajstić information content (AvgIpc) is 2.43. The van der Waals surface area contributed by atoms with Crippen molar-refractivity contribution in [2.24, 2.45) is 5.73 Å². The monoisotopic (exact) mass is 289 g/mol. The first kappa shape index (κ1) is 15.9. The molecular weight excluding hydrogens is 272 g/mol. The summed E-state index contributed by atoms with van der Waals surface area (Å²) in [6, 6.07) is 6.93. The summed E-state index contributed by atoms with van der Waals surface area (Å²) in [5.74, 6) is -3.33. The first-order valence-electron chi connectivity index (χ1n) is 5.82. The van der Waals surface area contributed by atoms with Crippen molar-refractivity contribution < 1.29 is 18.3 Å². The number of hydrogen-bond acceptors (Lipinski definition) is 4. The molecule has 1 aromatic rings. The number of halogens is 2. The van der Waals surface area contributed by atoms with Gasteiger partial charge in [0, 0.05) is 5.56 Å². The SMILES string of the molecule is COC(=O)C(N)CCSCC(F)(F)c1ccccc1. The second-order valence-electron chi connectivity index (χ2n) is 4.04.